The number of likely N-dealkylation sites (tertiary alicyclic amines) is 1. The summed E-state index contributed by atoms with van der Waals surface area (Å²) >= 11 is 0. The van der Waals surface area contributed by atoms with Crippen molar-refractivity contribution in [1.82, 2.24) is 4.90 Å². The Hall–Kier alpha value is -0.610. The Morgan fingerprint density at radius 3 is 2.78 bits per heavy atom. The van der Waals surface area contributed by atoms with E-state index in [2.05, 4.69) is 0 Å². The summed E-state index contributed by atoms with van der Waals surface area (Å²) in [5.41, 5.74) is 6.10. The van der Waals surface area contributed by atoms with Crippen LogP contribution in [0.5, 0.6) is 0 Å². The van der Waals surface area contributed by atoms with Crippen molar-refractivity contribution in [1.29, 1.82) is 0 Å². The number of carbonyl (C=O) groups excluding carboxylic acids is 1. The molecule has 1 aliphatic carbocycles. The number of hydrogen-bond donors (Lipinski definition) is 1. The fourth-order valence-electron chi connectivity index (χ4n) is 3.21. The lowest BCUT2D eigenvalue weighted by Crippen LogP contribution is -2.50. The van der Waals surface area contributed by atoms with Gasteiger partial charge in [0.2, 0.25) is 5.91 Å². The zero-order chi connectivity index (χ0) is 13.0. The van der Waals surface area contributed by atoms with Gasteiger partial charge in [-0.05, 0) is 32.6 Å². The van der Waals surface area contributed by atoms with Crippen molar-refractivity contribution in [2.75, 3.05) is 19.7 Å². The number of piperidine rings is 1. The van der Waals surface area contributed by atoms with Gasteiger partial charge in [-0.2, -0.15) is 0 Å². The molecule has 0 spiro atoms. The molecule has 1 saturated carbocycles. The predicted octanol–water partition coefficient (Wildman–Crippen LogP) is 1.53. The Morgan fingerprint density at radius 1 is 1.28 bits per heavy atom. The minimum atomic E-state index is 0.0547. The van der Waals surface area contributed by atoms with Crippen molar-refractivity contribution in [3.63, 3.8) is 0 Å². The van der Waals surface area contributed by atoms with Crippen LogP contribution in [0.2, 0.25) is 0 Å². The Bertz CT molecular complexity index is 281. The number of rotatable bonds is 3. The summed E-state index contributed by atoms with van der Waals surface area (Å²) in [6.45, 7) is 4.38. The van der Waals surface area contributed by atoms with Gasteiger partial charge in [0.25, 0.3) is 0 Å². The minimum Gasteiger partial charge on any atom is -0.377 e. The van der Waals surface area contributed by atoms with Crippen LogP contribution in [0.1, 0.15) is 45.4 Å². The van der Waals surface area contributed by atoms with Gasteiger partial charge in [0, 0.05) is 25.7 Å². The van der Waals surface area contributed by atoms with E-state index in [0.717, 1.165) is 51.8 Å². The van der Waals surface area contributed by atoms with Gasteiger partial charge in [0.05, 0.1) is 12.0 Å². The molecule has 3 atom stereocenters. The van der Waals surface area contributed by atoms with E-state index >= 15 is 0 Å². The maximum absolute atomic E-state index is 12.5. The predicted molar refractivity (Wildman–Crippen MR) is 71.2 cm³/mol. The highest BCUT2D eigenvalue weighted by Gasteiger charge is 2.33. The number of ether oxygens (including phenoxy) is 1. The van der Waals surface area contributed by atoms with E-state index < -0.39 is 0 Å². The average molecular weight is 254 g/mol. The first-order chi connectivity index (χ1) is 8.72. The number of carbonyl (C=O) groups is 1. The van der Waals surface area contributed by atoms with Crippen molar-refractivity contribution in [3.05, 3.63) is 0 Å². The Morgan fingerprint density at radius 2 is 2.06 bits per heavy atom. The van der Waals surface area contributed by atoms with E-state index in [1.165, 1.54) is 6.42 Å². The number of hydrogen-bond acceptors (Lipinski definition) is 3. The van der Waals surface area contributed by atoms with Crippen molar-refractivity contribution < 1.29 is 9.53 Å². The molecule has 104 valence electrons. The second kappa shape index (κ2) is 6.53. The normalized spacial score (nSPS) is 33.4. The highest BCUT2D eigenvalue weighted by molar-refractivity contribution is 5.79. The summed E-state index contributed by atoms with van der Waals surface area (Å²) < 4.78 is 5.65. The number of amides is 1. The van der Waals surface area contributed by atoms with Crippen LogP contribution in [0, 0.1) is 5.92 Å². The van der Waals surface area contributed by atoms with Crippen molar-refractivity contribution in [2.24, 2.45) is 11.7 Å². The van der Waals surface area contributed by atoms with E-state index in [4.69, 9.17) is 10.5 Å². The Labute approximate surface area is 110 Å². The maximum atomic E-state index is 12.5. The first-order valence-electron chi connectivity index (χ1n) is 7.38. The second-order valence-corrected chi connectivity index (χ2v) is 5.56. The highest BCUT2D eigenvalue weighted by atomic mass is 16.5. The van der Waals surface area contributed by atoms with Crippen molar-refractivity contribution >= 4 is 5.91 Å². The van der Waals surface area contributed by atoms with Crippen LogP contribution in [-0.2, 0) is 9.53 Å². The molecule has 2 rings (SSSR count). The summed E-state index contributed by atoms with van der Waals surface area (Å²) in [5.74, 6) is 0.325. The smallest absolute Gasteiger partial charge is 0.227 e. The van der Waals surface area contributed by atoms with Crippen molar-refractivity contribution in [3.8, 4) is 0 Å². The maximum Gasteiger partial charge on any atom is 0.227 e. The lowest BCUT2D eigenvalue weighted by Gasteiger charge is -2.37. The molecule has 2 fully saturated rings. The van der Waals surface area contributed by atoms with Crippen LogP contribution in [0.15, 0.2) is 0 Å². The topological polar surface area (TPSA) is 55.6 Å². The lowest BCUT2D eigenvalue weighted by molar-refractivity contribution is -0.141. The first-order valence-corrected chi connectivity index (χ1v) is 7.38. The second-order valence-electron chi connectivity index (χ2n) is 5.56. The molecule has 4 nitrogen and oxygen atoms in total. The molecule has 3 unspecified atom stereocenters. The van der Waals surface area contributed by atoms with Crippen LogP contribution in [0.4, 0.5) is 0 Å². The molecule has 4 heteroatoms. The van der Waals surface area contributed by atoms with Gasteiger partial charge < -0.3 is 15.4 Å². The standard InChI is InChI=1S/C14H26N2O2/c1-2-18-11-6-5-9-16(10-11)14(17)12-7-3-4-8-13(12)15/h11-13H,2-10,15H2,1H3. The molecule has 0 radical (unpaired) electrons. The molecule has 18 heavy (non-hydrogen) atoms. The summed E-state index contributed by atoms with van der Waals surface area (Å²) in [6, 6.07) is 0.0683. The van der Waals surface area contributed by atoms with E-state index in [-0.39, 0.29) is 24.0 Å². The molecular weight excluding hydrogens is 228 g/mol. The zero-order valence-electron chi connectivity index (χ0n) is 11.4. The van der Waals surface area contributed by atoms with E-state index in [0.29, 0.717) is 0 Å². The highest BCUT2D eigenvalue weighted by Crippen LogP contribution is 2.26. The van der Waals surface area contributed by atoms with Crippen LogP contribution in [-0.4, -0.2) is 42.6 Å². The van der Waals surface area contributed by atoms with Crippen LogP contribution in [0.25, 0.3) is 0 Å². The van der Waals surface area contributed by atoms with Gasteiger partial charge in [-0.3, -0.25) is 4.79 Å². The van der Waals surface area contributed by atoms with Gasteiger partial charge in [0.1, 0.15) is 0 Å². The average Bonchev–Trinajstić information content (AvgIpc) is 2.39. The summed E-state index contributed by atoms with van der Waals surface area (Å²) in [5, 5.41) is 0. The molecule has 1 saturated heterocycles. The van der Waals surface area contributed by atoms with Gasteiger partial charge in [-0.25, -0.2) is 0 Å². The quantitative estimate of drug-likeness (QED) is 0.831. The molecule has 2 aliphatic rings. The van der Waals surface area contributed by atoms with Gasteiger partial charge in [-0.1, -0.05) is 12.8 Å². The van der Waals surface area contributed by atoms with Crippen molar-refractivity contribution in [2.45, 2.75) is 57.6 Å². The van der Waals surface area contributed by atoms with E-state index in [1.54, 1.807) is 0 Å². The minimum absolute atomic E-state index is 0.0547. The number of nitrogens with two attached hydrogens (primary N) is 1. The third-order valence-electron chi connectivity index (χ3n) is 4.23. The molecule has 0 aromatic heterocycles. The molecule has 1 heterocycles. The van der Waals surface area contributed by atoms with Crippen LogP contribution < -0.4 is 5.73 Å². The largest absolute Gasteiger partial charge is 0.377 e. The monoisotopic (exact) mass is 254 g/mol. The SMILES string of the molecule is CCOC1CCCN(C(=O)C2CCCCC2N)C1. The van der Waals surface area contributed by atoms with Crippen LogP contribution in [0.3, 0.4) is 0 Å². The zero-order valence-corrected chi connectivity index (χ0v) is 11.4. The molecule has 0 aromatic carbocycles. The fraction of sp³-hybridized carbons (Fsp3) is 0.929. The molecule has 0 aromatic rings. The van der Waals surface area contributed by atoms with E-state index in [9.17, 15) is 4.79 Å². The summed E-state index contributed by atoms with van der Waals surface area (Å²) in [7, 11) is 0. The molecule has 1 aliphatic heterocycles. The third kappa shape index (κ3) is 3.23. The van der Waals surface area contributed by atoms with Gasteiger partial charge >= 0.3 is 0 Å². The number of nitrogens with zero attached hydrogens (tertiary/aromatic N) is 1. The molecule has 0 bridgehead atoms. The van der Waals surface area contributed by atoms with Gasteiger partial charge in [-0.15, -0.1) is 0 Å². The third-order valence-corrected chi connectivity index (χ3v) is 4.23. The molecule has 2 N–H and O–H groups in total. The Kier molecular flexibility index (Phi) is 5.01. The van der Waals surface area contributed by atoms with Gasteiger partial charge in [0.15, 0.2) is 0 Å². The Balaban J connectivity index is 1.91. The summed E-state index contributed by atoms with van der Waals surface area (Å²) in [4.78, 5) is 14.5. The first kappa shape index (κ1) is 13.8. The van der Waals surface area contributed by atoms with E-state index in [1.807, 2.05) is 11.8 Å². The molecular formula is C14H26N2O2. The lowest BCUT2D eigenvalue weighted by atomic mass is 9.84. The fourth-order valence-corrected chi connectivity index (χ4v) is 3.21. The summed E-state index contributed by atoms with van der Waals surface area (Å²) in [6.07, 6.45) is 6.65. The molecule has 1 amide bonds. The van der Waals surface area contributed by atoms with Crippen LogP contribution >= 0.6 is 0 Å².